The van der Waals surface area contributed by atoms with Crippen molar-refractivity contribution in [3.63, 3.8) is 0 Å². The van der Waals surface area contributed by atoms with E-state index in [0.717, 1.165) is 18.2 Å². The molecule has 0 aromatic heterocycles. The molecule has 1 fully saturated rings. The summed E-state index contributed by atoms with van der Waals surface area (Å²) in [6.45, 7) is 2.82. The van der Waals surface area contributed by atoms with Gasteiger partial charge in [0, 0.05) is 11.3 Å². The van der Waals surface area contributed by atoms with Crippen molar-refractivity contribution < 1.29 is 5.11 Å². The summed E-state index contributed by atoms with van der Waals surface area (Å²) in [5.74, 6) is 0. The molecule has 3 atom stereocenters. The molecule has 0 bridgehead atoms. The van der Waals surface area contributed by atoms with Crippen LogP contribution in [0.25, 0.3) is 0 Å². The normalized spacial score (nSPS) is 30.2. The lowest BCUT2D eigenvalue weighted by Gasteiger charge is -2.28. The molecule has 2 nitrogen and oxygen atoms in total. The Hall–Kier alpha value is 0.270. The lowest BCUT2D eigenvalue weighted by molar-refractivity contribution is 0.181. The number of hydrogen-bond donors (Lipinski definition) is 2. The van der Waals surface area contributed by atoms with Gasteiger partial charge in [-0.2, -0.15) is 11.8 Å². The van der Waals surface area contributed by atoms with E-state index in [1.54, 1.807) is 0 Å². The summed E-state index contributed by atoms with van der Waals surface area (Å²) in [5.41, 5.74) is 0. The minimum atomic E-state index is -0.164. The largest absolute Gasteiger partial charge is 0.393 e. The molecule has 3 unspecified atom stereocenters. The van der Waals surface area contributed by atoms with Crippen LogP contribution >= 0.6 is 11.8 Å². The van der Waals surface area contributed by atoms with Crippen LogP contribution < -0.4 is 5.32 Å². The van der Waals surface area contributed by atoms with Crippen LogP contribution in [0.1, 0.15) is 39.0 Å². The molecule has 0 amide bonds. The second-order valence-electron chi connectivity index (χ2n) is 4.31. The van der Waals surface area contributed by atoms with Crippen molar-refractivity contribution in [2.24, 2.45) is 0 Å². The number of hydrogen-bond acceptors (Lipinski definition) is 3. The topological polar surface area (TPSA) is 32.3 Å². The Bertz CT molecular complexity index is 152. The minimum Gasteiger partial charge on any atom is -0.393 e. The standard InChI is InChI=1S/C11H23NOS/c1-9(13)6-7-12-10-4-3-5-11(8-10)14-2/h9-13H,3-8H2,1-2H3. The van der Waals surface area contributed by atoms with Gasteiger partial charge in [-0.15, -0.1) is 0 Å². The van der Waals surface area contributed by atoms with E-state index in [0.29, 0.717) is 6.04 Å². The highest BCUT2D eigenvalue weighted by molar-refractivity contribution is 7.99. The van der Waals surface area contributed by atoms with Gasteiger partial charge in [0.25, 0.3) is 0 Å². The third-order valence-electron chi connectivity index (χ3n) is 2.95. The molecule has 1 aliphatic carbocycles. The van der Waals surface area contributed by atoms with E-state index in [1.165, 1.54) is 25.7 Å². The van der Waals surface area contributed by atoms with Gasteiger partial charge in [0.2, 0.25) is 0 Å². The van der Waals surface area contributed by atoms with Crippen molar-refractivity contribution in [3.05, 3.63) is 0 Å². The van der Waals surface area contributed by atoms with E-state index >= 15 is 0 Å². The van der Waals surface area contributed by atoms with Crippen LogP contribution in [0.5, 0.6) is 0 Å². The van der Waals surface area contributed by atoms with Gasteiger partial charge < -0.3 is 10.4 Å². The van der Waals surface area contributed by atoms with Gasteiger partial charge in [-0.25, -0.2) is 0 Å². The van der Waals surface area contributed by atoms with Crippen LogP contribution in [0.2, 0.25) is 0 Å². The molecule has 1 saturated carbocycles. The highest BCUT2D eigenvalue weighted by Gasteiger charge is 2.20. The Morgan fingerprint density at radius 2 is 2.29 bits per heavy atom. The predicted octanol–water partition coefficient (Wildman–Crippen LogP) is 2.02. The van der Waals surface area contributed by atoms with Crippen LogP contribution in [0, 0.1) is 0 Å². The maximum atomic E-state index is 9.14. The van der Waals surface area contributed by atoms with Crippen molar-refractivity contribution in [1.82, 2.24) is 5.32 Å². The minimum absolute atomic E-state index is 0.164. The van der Waals surface area contributed by atoms with Gasteiger partial charge >= 0.3 is 0 Å². The Kier molecular flexibility index (Phi) is 5.90. The molecule has 2 N–H and O–H groups in total. The first-order valence-corrected chi connectivity index (χ1v) is 6.95. The van der Waals surface area contributed by atoms with Crippen LogP contribution in [-0.2, 0) is 0 Å². The Labute approximate surface area is 91.9 Å². The molecule has 84 valence electrons. The highest BCUT2D eigenvalue weighted by atomic mass is 32.2. The Morgan fingerprint density at radius 3 is 2.93 bits per heavy atom. The van der Waals surface area contributed by atoms with E-state index < -0.39 is 0 Å². The summed E-state index contributed by atoms with van der Waals surface area (Å²) in [5, 5.41) is 13.5. The van der Waals surface area contributed by atoms with Crippen molar-refractivity contribution in [1.29, 1.82) is 0 Å². The third kappa shape index (κ3) is 4.67. The lowest BCUT2D eigenvalue weighted by Crippen LogP contribution is -2.36. The van der Waals surface area contributed by atoms with Gasteiger partial charge in [0.15, 0.2) is 0 Å². The van der Waals surface area contributed by atoms with Crippen molar-refractivity contribution in [3.8, 4) is 0 Å². The summed E-state index contributed by atoms with van der Waals surface area (Å²) in [4.78, 5) is 0. The number of aliphatic hydroxyl groups is 1. The van der Waals surface area contributed by atoms with Gasteiger partial charge in [0.05, 0.1) is 6.10 Å². The molecule has 3 heteroatoms. The molecule has 14 heavy (non-hydrogen) atoms. The maximum Gasteiger partial charge on any atom is 0.0524 e. The van der Waals surface area contributed by atoms with Crippen LogP contribution in [0.15, 0.2) is 0 Å². The number of aliphatic hydroxyl groups excluding tert-OH is 1. The molecule has 0 heterocycles. The first kappa shape index (κ1) is 12.3. The number of nitrogens with one attached hydrogen (secondary N) is 1. The number of rotatable bonds is 5. The maximum absolute atomic E-state index is 9.14. The first-order valence-electron chi connectivity index (χ1n) is 5.66. The molecular formula is C11H23NOS. The van der Waals surface area contributed by atoms with E-state index in [2.05, 4.69) is 11.6 Å². The van der Waals surface area contributed by atoms with Crippen LogP contribution in [-0.4, -0.2) is 35.3 Å². The fraction of sp³-hybridized carbons (Fsp3) is 1.00. The van der Waals surface area contributed by atoms with E-state index in [4.69, 9.17) is 5.11 Å². The van der Waals surface area contributed by atoms with Gasteiger partial charge in [-0.3, -0.25) is 0 Å². The quantitative estimate of drug-likeness (QED) is 0.739. The third-order valence-corrected chi connectivity index (χ3v) is 4.05. The highest BCUT2D eigenvalue weighted by Crippen LogP contribution is 2.26. The average molecular weight is 217 g/mol. The molecule has 0 radical (unpaired) electrons. The molecular weight excluding hydrogens is 194 g/mol. The molecule has 0 aromatic carbocycles. The van der Waals surface area contributed by atoms with Crippen molar-refractivity contribution >= 4 is 11.8 Å². The second kappa shape index (κ2) is 6.70. The van der Waals surface area contributed by atoms with E-state index in [-0.39, 0.29) is 6.10 Å². The van der Waals surface area contributed by atoms with E-state index in [1.807, 2.05) is 18.7 Å². The molecule has 0 aromatic rings. The zero-order valence-corrected chi connectivity index (χ0v) is 10.1. The van der Waals surface area contributed by atoms with Gasteiger partial charge in [0.1, 0.15) is 0 Å². The van der Waals surface area contributed by atoms with E-state index in [9.17, 15) is 0 Å². The first-order chi connectivity index (χ1) is 6.72. The van der Waals surface area contributed by atoms with Gasteiger partial charge in [-0.05, 0) is 45.4 Å². The fourth-order valence-corrected chi connectivity index (χ4v) is 2.87. The zero-order valence-electron chi connectivity index (χ0n) is 9.33. The summed E-state index contributed by atoms with van der Waals surface area (Å²) >= 11 is 2.00. The molecule has 1 rings (SSSR count). The monoisotopic (exact) mass is 217 g/mol. The van der Waals surface area contributed by atoms with Crippen LogP contribution in [0.3, 0.4) is 0 Å². The summed E-state index contributed by atoms with van der Waals surface area (Å²) in [6.07, 6.45) is 8.29. The summed E-state index contributed by atoms with van der Waals surface area (Å²) in [6, 6.07) is 0.694. The Morgan fingerprint density at radius 1 is 1.50 bits per heavy atom. The fourth-order valence-electron chi connectivity index (χ4n) is 2.04. The van der Waals surface area contributed by atoms with Gasteiger partial charge in [-0.1, -0.05) is 6.42 Å². The average Bonchev–Trinajstić information content (AvgIpc) is 2.18. The molecule has 0 aliphatic heterocycles. The summed E-state index contributed by atoms with van der Waals surface area (Å²) < 4.78 is 0. The SMILES string of the molecule is CSC1CCCC(NCCC(C)O)C1. The molecule has 0 saturated heterocycles. The zero-order chi connectivity index (χ0) is 10.4. The smallest absolute Gasteiger partial charge is 0.0524 e. The predicted molar refractivity (Wildman–Crippen MR) is 63.9 cm³/mol. The Balaban J connectivity index is 2.11. The number of thioether (sulfide) groups is 1. The summed E-state index contributed by atoms with van der Waals surface area (Å²) in [7, 11) is 0. The van der Waals surface area contributed by atoms with Crippen LogP contribution in [0.4, 0.5) is 0 Å². The van der Waals surface area contributed by atoms with Crippen molar-refractivity contribution in [2.75, 3.05) is 12.8 Å². The lowest BCUT2D eigenvalue weighted by atomic mass is 9.95. The second-order valence-corrected chi connectivity index (χ2v) is 5.45. The molecule has 0 spiro atoms. The van der Waals surface area contributed by atoms with Crippen molar-refractivity contribution in [2.45, 2.75) is 56.4 Å². The molecule has 1 aliphatic rings.